The monoisotopic (exact) mass is 288 g/mol. The zero-order valence-corrected chi connectivity index (χ0v) is 12.0. The van der Waals surface area contributed by atoms with Gasteiger partial charge in [-0.1, -0.05) is 0 Å². The predicted octanol–water partition coefficient (Wildman–Crippen LogP) is 0.165. The Hall–Kier alpha value is -2.90. The Bertz CT molecular complexity index is 697. The summed E-state index contributed by atoms with van der Waals surface area (Å²) < 4.78 is 3.10. The smallest absolute Gasteiger partial charge is 0.273 e. The number of carbonyl (C=O) groups excluding carboxylic acids is 2. The Labute approximate surface area is 121 Å². The molecule has 0 fully saturated rings. The molecule has 110 valence electrons. The Morgan fingerprint density at radius 2 is 2.00 bits per heavy atom. The maximum absolute atomic E-state index is 11.9. The van der Waals surface area contributed by atoms with E-state index in [4.69, 9.17) is 0 Å². The van der Waals surface area contributed by atoms with Crippen LogP contribution in [0.4, 0.5) is 5.69 Å². The minimum absolute atomic E-state index is 0.170. The summed E-state index contributed by atoms with van der Waals surface area (Å²) in [4.78, 5) is 23.5. The van der Waals surface area contributed by atoms with Gasteiger partial charge >= 0.3 is 0 Å². The first-order valence-corrected chi connectivity index (χ1v) is 6.23. The molecule has 0 aliphatic carbocycles. The third-order valence-corrected chi connectivity index (χ3v) is 2.68. The van der Waals surface area contributed by atoms with Crippen molar-refractivity contribution in [3.8, 4) is 0 Å². The molecule has 0 aliphatic heterocycles. The van der Waals surface area contributed by atoms with Crippen molar-refractivity contribution < 1.29 is 9.59 Å². The van der Waals surface area contributed by atoms with Crippen molar-refractivity contribution in [3.63, 3.8) is 0 Å². The minimum Gasteiger partial charge on any atom is -0.354 e. The van der Waals surface area contributed by atoms with Crippen molar-refractivity contribution in [2.75, 3.05) is 12.4 Å². The predicted molar refractivity (Wildman–Crippen MR) is 77.5 cm³/mol. The van der Waals surface area contributed by atoms with E-state index < -0.39 is 0 Å². The zero-order chi connectivity index (χ0) is 15.4. The minimum atomic E-state index is -0.359. The van der Waals surface area contributed by atoms with Crippen LogP contribution in [0.5, 0.6) is 0 Å². The standard InChI is InChI=1S/C13H16N6O2/c1-14-13(21)12-10(8-19(3)17-12)16-11(20)5-4-9-6-15-18(2)7-9/h4-8H,1-3H3,(H,14,21)(H,16,20)/b5-4+. The topological polar surface area (TPSA) is 93.8 Å². The maximum Gasteiger partial charge on any atom is 0.273 e. The Balaban J connectivity index is 2.09. The number of aromatic nitrogens is 4. The average molecular weight is 288 g/mol. The van der Waals surface area contributed by atoms with Crippen LogP contribution in [0.2, 0.25) is 0 Å². The summed E-state index contributed by atoms with van der Waals surface area (Å²) in [6.07, 6.45) is 8.00. The van der Waals surface area contributed by atoms with Crippen molar-refractivity contribution >= 4 is 23.6 Å². The number of nitrogens with one attached hydrogen (secondary N) is 2. The number of rotatable bonds is 4. The molecular formula is C13H16N6O2. The lowest BCUT2D eigenvalue weighted by atomic mass is 10.3. The molecule has 2 heterocycles. The van der Waals surface area contributed by atoms with Gasteiger partial charge in [0.25, 0.3) is 5.91 Å². The van der Waals surface area contributed by atoms with Crippen molar-refractivity contribution in [2.45, 2.75) is 0 Å². The maximum atomic E-state index is 11.9. The van der Waals surface area contributed by atoms with Gasteiger partial charge in [0.1, 0.15) is 0 Å². The lowest BCUT2D eigenvalue weighted by Gasteiger charge is -2.01. The molecule has 2 amide bonds. The van der Waals surface area contributed by atoms with Crippen molar-refractivity contribution in [2.24, 2.45) is 14.1 Å². The first-order chi connectivity index (χ1) is 9.99. The molecule has 2 rings (SSSR count). The molecule has 0 saturated heterocycles. The van der Waals surface area contributed by atoms with E-state index in [-0.39, 0.29) is 17.5 Å². The largest absolute Gasteiger partial charge is 0.354 e. The number of hydrogen-bond acceptors (Lipinski definition) is 4. The summed E-state index contributed by atoms with van der Waals surface area (Å²) in [6.45, 7) is 0. The van der Waals surface area contributed by atoms with Gasteiger partial charge in [-0.25, -0.2) is 0 Å². The second-order valence-electron chi connectivity index (χ2n) is 4.41. The highest BCUT2D eigenvalue weighted by molar-refractivity contribution is 6.06. The van der Waals surface area contributed by atoms with E-state index in [1.807, 2.05) is 0 Å². The second kappa shape index (κ2) is 6.04. The van der Waals surface area contributed by atoms with Crippen molar-refractivity contribution in [3.05, 3.63) is 35.9 Å². The molecular weight excluding hydrogens is 272 g/mol. The fourth-order valence-corrected chi connectivity index (χ4v) is 1.74. The molecule has 0 atom stereocenters. The molecule has 0 unspecified atom stereocenters. The van der Waals surface area contributed by atoms with Gasteiger partial charge in [0.2, 0.25) is 5.91 Å². The van der Waals surface area contributed by atoms with Crippen molar-refractivity contribution in [1.29, 1.82) is 0 Å². The number of nitrogens with zero attached hydrogens (tertiary/aromatic N) is 4. The van der Waals surface area contributed by atoms with Gasteiger partial charge in [-0.2, -0.15) is 10.2 Å². The highest BCUT2D eigenvalue weighted by Gasteiger charge is 2.15. The molecule has 0 spiro atoms. The quantitative estimate of drug-likeness (QED) is 0.784. The Morgan fingerprint density at radius 3 is 2.62 bits per heavy atom. The summed E-state index contributed by atoms with van der Waals surface area (Å²) in [6, 6.07) is 0. The number of anilines is 1. The molecule has 2 aromatic rings. The van der Waals surface area contributed by atoms with Crippen LogP contribution >= 0.6 is 0 Å². The number of aryl methyl sites for hydroxylation is 2. The first kappa shape index (κ1) is 14.5. The molecule has 2 aromatic heterocycles. The zero-order valence-electron chi connectivity index (χ0n) is 12.0. The highest BCUT2D eigenvalue weighted by atomic mass is 16.2. The van der Waals surface area contributed by atoms with E-state index in [1.54, 1.807) is 43.4 Å². The van der Waals surface area contributed by atoms with Crippen LogP contribution in [-0.2, 0) is 18.9 Å². The lowest BCUT2D eigenvalue weighted by Crippen LogP contribution is -2.21. The third kappa shape index (κ3) is 3.56. The average Bonchev–Trinajstić information content (AvgIpc) is 3.01. The van der Waals surface area contributed by atoms with Crippen molar-refractivity contribution in [1.82, 2.24) is 24.9 Å². The Morgan fingerprint density at radius 1 is 1.24 bits per heavy atom. The molecule has 21 heavy (non-hydrogen) atoms. The van der Waals surface area contributed by atoms with Crippen LogP contribution in [0, 0.1) is 0 Å². The number of carbonyl (C=O) groups is 2. The summed E-state index contributed by atoms with van der Waals surface area (Å²) in [5.74, 6) is -0.709. The molecule has 0 aliphatic rings. The van der Waals surface area contributed by atoms with E-state index in [0.29, 0.717) is 5.69 Å². The van der Waals surface area contributed by atoms with Gasteiger partial charge in [-0.15, -0.1) is 0 Å². The van der Waals surface area contributed by atoms with E-state index >= 15 is 0 Å². The van der Waals surface area contributed by atoms with Gasteiger partial charge in [0, 0.05) is 45.2 Å². The molecule has 0 saturated carbocycles. The molecule has 0 bridgehead atoms. The number of hydrogen-bond donors (Lipinski definition) is 2. The first-order valence-electron chi connectivity index (χ1n) is 6.23. The number of amides is 2. The van der Waals surface area contributed by atoms with Crippen LogP contribution in [0.3, 0.4) is 0 Å². The van der Waals surface area contributed by atoms with Crippen LogP contribution in [-0.4, -0.2) is 38.4 Å². The van der Waals surface area contributed by atoms with Gasteiger partial charge in [-0.05, 0) is 6.08 Å². The fraction of sp³-hybridized carbons (Fsp3) is 0.231. The second-order valence-corrected chi connectivity index (χ2v) is 4.41. The van der Waals surface area contributed by atoms with E-state index in [1.165, 1.54) is 17.8 Å². The lowest BCUT2D eigenvalue weighted by molar-refractivity contribution is -0.111. The summed E-state index contributed by atoms with van der Waals surface area (Å²) in [5.41, 5.74) is 1.34. The van der Waals surface area contributed by atoms with E-state index in [2.05, 4.69) is 20.8 Å². The van der Waals surface area contributed by atoms with E-state index in [9.17, 15) is 9.59 Å². The summed E-state index contributed by atoms with van der Waals surface area (Å²) in [5, 5.41) is 13.1. The Kier molecular flexibility index (Phi) is 4.17. The molecule has 8 heteroatoms. The van der Waals surface area contributed by atoms with Gasteiger partial charge in [0.05, 0.1) is 11.9 Å². The van der Waals surface area contributed by atoms with E-state index in [0.717, 1.165) is 5.56 Å². The summed E-state index contributed by atoms with van der Waals surface area (Å²) in [7, 11) is 4.97. The SMILES string of the molecule is CNC(=O)c1nn(C)cc1NC(=O)/C=C/c1cnn(C)c1. The molecule has 0 radical (unpaired) electrons. The molecule has 2 N–H and O–H groups in total. The third-order valence-electron chi connectivity index (χ3n) is 2.68. The van der Waals surface area contributed by atoms with Crippen LogP contribution in [0.1, 0.15) is 16.1 Å². The van der Waals surface area contributed by atoms with Crippen LogP contribution in [0.15, 0.2) is 24.7 Å². The van der Waals surface area contributed by atoms with Gasteiger partial charge in [0.15, 0.2) is 5.69 Å². The molecule has 0 aromatic carbocycles. The van der Waals surface area contributed by atoms with Gasteiger partial charge < -0.3 is 10.6 Å². The van der Waals surface area contributed by atoms with Gasteiger partial charge in [-0.3, -0.25) is 19.0 Å². The normalized spacial score (nSPS) is 10.8. The fourth-order valence-electron chi connectivity index (χ4n) is 1.74. The van der Waals surface area contributed by atoms with Crippen LogP contribution in [0.25, 0.3) is 6.08 Å². The molecule has 8 nitrogen and oxygen atoms in total. The highest BCUT2D eigenvalue weighted by Crippen LogP contribution is 2.13. The summed E-state index contributed by atoms with van der Waals surface area (Å²) >= 11 is 0. The van der Waals surface area contributed by atoms with Crippen LogP contribution < -0.4 is 10.6 Å².